The van der Waals surface area contributed by atoms with Crippen LogP contribution >= 0.6 is 24.8 Å². The SMILES string of the molecule is COC(=O)CC(=C=O)N(N1CCCCC1)N1CCN(c2ccncc2)CC1.Cl.Cl. The summed E-state index contributed by atoms with van der Waals surface area (Å²) in [6.07, 6.45) is 6.88. The van der Waals surface area contributed by atoms with E-state index < -0.39 is 5.97 Å². The number of hydrogen-bond acceptors (Lipinski definition) is 8. The average Bonchev–Trinajstić information content (AvgIpc) is 2.75. The Bertz CT molecular complexity index is 674. The minimum absolute atomic E-state index is 0. The lowest BCUT2D eigenvalue weighted by Crippen LogP contribution is -2.60. The van der Waals surface area contributed by atoms with E-state index in [1.54, 1.807) is 12.4 Å². The Hall–Kier alpha value is -1.83. The van der Waals surface area contributed by atoms with Crippen molar-refractivity contribution in [3.63, 3.8) is 0 Å². The fourth-order valence-electron chi connectivity index (χ4n) is 3.64. The van der Waals surface area contributed by atoms with Crippen molar-refractivity contribution < 1.29 is 14.3 Å². The van der Waals surface area contributed by atoms with Gasteiger partial charge < -0.3 is 9.64 Å². The monoisotopic (exact) mass is 445 g/mol. The normalized spacial score (nSPS) is 17.3. The van der Waals surface area contributed by atoms with Gasteiger partial charge in [-0.05, 0) is 25.0 Å². The first kappa shape index (κ1) is 25.2. The van der Waals surface area contributed by atoms with E-state index in [2.05, 4.69) is 19.9 Å². The van der Waals surface area contributed by atoms with Crippen molar-refractivity contribution in [2.75, 3.05) is 51.3 Å². The Labute approximate surface area is 184 Å². The largest absolute Gasteiger partial charge is 0.469 e. The second kappa shape index (κ2) is 12.7. The van der Waals surface area contributed by atoms with Gasteiger partial charge in [0, 0.05) is 57.3 Å². The summed E-state index contributed by atoms with van der Waals surface area (Å²) < 4.78 is 4.77. The number of ether oxygens (including phenoxy) is 1. The number of rotatable bonds is 6. The van der Waals surface area contributed by atoms with E-state index >= 15 is 0 Å². The highest BCUT2D eigenvalue weighted by Crippen LogP contribution is 2.22. The molecule has 162 valence electrons. The quantitative estimate of drug-likeness (QED) is 0.485. The second-order valence-corrected chi connectivity index (χ2v) is 6.75. The Morgan fingerprint density at radius 1 is 1.03 bits per heavy atom. The third kappa shape index (κ3) is 6.59. The number of nitrogens with zero attached hydrogens (tertiary/aromatic N) is 5. The molecule has 0 bridgehead atoms. The molecule has 29 heavy (non-hydrogen) atoms. The molecule has 2 fully saturated rings. The predicted octanol–water partition coefficient (Wildman–Crippen LogP) is 1.94. The van der Waals surface area contributed by atoms with Crippen LogP contribution in [0.3, 0.4) is 0 Å². The van der Waals surface area contributed by atoms with Gasteiger partial charge in [0.1, 0.15) is 11.6 Å². The summed E-state index contributed by atoms with van der Waals surface area (Å²) in [6.45, 7) is 4.92. The van der Waals surface area contributed by atoms with Crippen molar-refractivity contribution in [1.29, 1.82) is 0 Å². The zero-order chi connectivity index (χ0) is 19.1. The standard InChI is InChI=1S/C19H27N5O3.2ClH/c1-27-19(26)15-18(16-25)24(22-9-3-2-4-10-22)23-13-11-21(12-14-23)17-5-7-20-8-6-17;;/h5-8H,2-4,9-15H2,1H3;2*1H. The van der Waals surface area contributed by atoms with Crippen LogP contribution in [0.1, 0.15) is 25.7 Å². The van der Waals surface area contributed by atoms with Crippen LogP contribution in [0.15, 0.2) is 30.2 Å². The molecule has 2 saturated heterocycles. The molecule has 0 saturated carbocycles. The highest BCUT2D eigenvalue weighted by Gasteiger charge is 2.31. The lowest BCUT2D eigenvalue weighted by molar-refractivity contribution is -0.171. The van der Waals surface area contributed by atoms with Gasteiger partial charge in [-0.1, -0.05) is 6.42 Å². The zero-order valence-corrected chi connectivity index (χ0v) is 18.3. The van der Waals surface area contributed by atoms with E-state index in [0.29, 0.717) is 5.70 Å². The molecule has 0 spiro atoms. The van der Waals surface area contributed by atoms with Gasteiger partial charge in [-0.15, -0.1) is 24.8 Å². The van der Waals surface area contributed by atoms with Gasteiger partial charge in [-0.25, -0.2) is 19.9 Å². The van der Waals surface area contributed by atoms with Crippen LogP contribution in [0, 0.1) is 0 Å². The van der Waals surface area contributed by atoms with Crippen molar-refractivity contribution in [2.24, 2.45) is 0 Å². The molecule has 0 aliphatic carbocycles. The Balaban J connectivity index is 0.00000210. The summed E-state index contributed by atoms with van der Waals surface area (Å²) in [6, 6.07) is 4.01. The van der Waals surface area contributed by atoms with Gasteiger partial charge in [0.2, 0.25) is 0 Å². The Morgan fingerprint density at radius 2 is 1.62 bits per heavy atom. The van der Waals surface area contributed by atoms with Crippen molar-refractivity contribution >= 4 is 42.4 Å². The van der Waals surface area contributed by atoms with E-state index in [1.807, 2.05) is 23.2 Å². The third-order valence-electron chi connectivity index (χ3n) is 5.05. The zero-order valence-electron chi connectivity index (χ0n) is 16.7. The number of halogens is 2. The molecule has 2 aliphatic rings. The first-order chi connectivity index (χ1) is 13.2. The summed E-state index contributed by atoms with van der Waals surface area (Å²) in [5.41, 5.74) is 1.47. The number of methoxy groups -OCH3 is 1. The third-order valence-corrected chi connectivity index (χ3v) is 5.05. The molecule has 0 aromatic carbocycles. The number of piperazine rings is 1. The molecule has 0 atom stereocenters. The second-order valence-electron chi connectivity index (χ2n) is 6.75. The average molecular weight is 446 g/mol. The summed E-state index contributed by atoms with van der Waals surface area (Å²) in [7, 11) is 1.34. The van der Waals surface area contributed by atoms with Crippen molar-refractivity contribution in [3.8, 4) is 0 Å². The first-order valence-corrected chi connectivity index (χ1v) is 9.48. The van der Waals surface area contributed by atoms with Crippen LogP contribution < -0.4 is 4.90 Å². The molecule has 0 unspecified atom stereocenters. The fraction of sp³-hybridized carbons (Fsp3) is 0.579. The minimum atomic E-state index is -0.425. The summed E-state index contributed by atoms with van der Waals surface area (Å²) >= 11 is 0. The molecule has 0 amide bonds. The highest BCUT2D eigenvalue weighted by atomic mass is 35.5. The molecule has 1 aromatic rings. The molecule has 3 rings (SSSR count). The maximum Gasteiger partial charge on any atom is 0.312 e. The van der Waals surface area contributed by atoms with Gasteiger partial charge in [0.05, 0.1) is 13.5 Å². The van der Waals surface area contributed by atoms with E-state index in [9.17, 15) is 9.59 Å². The van der Waals surface area contributed by atoms with Crippen LogP contribution in [0.4, 0.5) is 5.69 Å². The highest BCUT2D eigenvalue weighted by molar-refractivity contribution is 5.85. The first-order valence-electron chi connectivity index (χ1n) is 9.48. The molecule has 2 aliphatic heterocycles. The van der Waals surface area contributed by atoms with Gasteiger partial charge in [0.15, 0.2) is 0 Å². The maximum absolute atomic E-state index is 11.8. The van der Waals surface area contributed by atoms with Gasteiger partial charge in [-0.2, -0.15) is 0 Å². The summed E-state index contributed by atoms with van der Waals surface area (Å²) in [5, 5.41) is 6.20. The molecular weight excluding hydrogens is 417 g/mol. The number of carbonyl (C=O) groups excluding carboxylic acids is 2. The summed E-state index contributed by atoms with van der Waals surface area (Å²) in [4.78, 5) is 29.9. The maximum atomic E-state index is 11.8. The van der Waals surface area contributed by atoms with E-state index in [4.69, 9.17) is 4.74 Å². The number of hydrazine groups is 2. The number of piperidine rings is 1. The number of pyridine rings is 1. The molecule has 0 N–H and O–H groups in total. The van der Waals surface area contributed by atoms with Crippen molar-refractivity contribution in [1.82, 2.24) is 20.1 Å². The lowest BCUT2D eigenvalue weighted by Gasteiger charge is -2.48. The summed E-state index contributed by atoms with van der Waals surface area (Å²) in [5.74, 6) is 1.57. The van der Waals surface area contributed by atoms with Gasteiger partial charge >= 0.3 is 5.97 Å². The van der Waals surface area contributed by atoms with Crippen LogP contribution in [0.25, 0.3) is 0 Å². The molecule has 8 nitrogen and oxygen atoms in total. The minimum Gasteiger partial charge on any atom is -0.469 e. The van der Waals surface area contributed by atoms with Gasteiger partial charge in [0.25, 0.3) is 0 Å². The van der Waals surface area contributed by atoms with Crippen LogP contribution in [-0.2, 0) is 14.3 Å². The fourth-order valence-corrected chi connectivity index (χ4v) is 3.64. The topological polar surface area (TPSA) is 69.2 Å². The molecular formula is C19H29Cl2N5O3. The van der Waals surface area contributed by atoms with E-state index in [1.165, 1.54) is 13.5 Å². The smallest absolute Gasteiger partial charge is 0.312 e. The number of aromatic nitrogens is 1. The van der Waals surface area contributed by atoms with Crippen LogP contribution in [0.5, 0.6) is 0 Å². The van der Waals surface area contributed by atoms with Crippen molar-refractivity contribution in [3.05, 3.63) is 30.2 Å². The van der Waals surface area contributed by atoms with E-state index in [0.717, 1.165) is 57.8 Å². The number of anilines is 1. The molecule has 10 heteroatoms. The molecule has 1 aromatic heterocycles. The van der Waals surface area contributed by atoms with Crippen LogP contribution in [-0.4, -0.2) is 78.4 Å². The van der Waals surface area contributed by atoms with Gasteiger partial charge in [-0.3, -0.25) is 9.78 Å². The Kier molecular flexibility index (Phi) is 11.0. The predicted molar refractivity (Wildman–Crippen MR) is 116 cm³/mol. The Morgan fingerprint density at radius 3 is 2.17 bits per heavy atom. The van der Waals surface area contributed by atoms with Crippen LogP contribution in [0.2, 0.25) is 0 Å². The number of carbonyl (C=O) groups is 1. The molecule has 0 radical (unpaired) electrons. The molecule has 3 heterocycles. The van der Waals surface area contributed by atoms with E-state index in [-0.39, 0.29) is 31.2 Å². The van der Waals surface area contributed by atoms with Crippen molar-refractivity contribution in [2.45, 2.75) is 25.7 Å². The lowest BCUT2D eigenvalue weighted by atomic mass is 10.1. The number of esters is 1. The number of hydrogen-bond donors (Lipinski definition) is 0.